The van der Waals surface area contributed by atoms with Crippen LogP contribution in [-0.4, -0.2) is 41.7 Å². The number of hydrogen-bond donors (Lipinski definition) is 1. The quantitative estimate of drug-likeness (QED) is 0.925. The summed E-state index contributed by atoms with van der Waals surface area (Å²) in [5.41, 5.74) is 0.397. The molecule has 1 aromatic rings. The Kier molecular flexibility index (Phi) is 4.54. The van der Waals surface area contributed by atoms with Crippen LogP contribution in [0.15, 0.2) is 24.3 Å². The second-order valence-corrected chi connectivity index (χ2v) is 4.99. The predicted octanol–water partition coefficient (Wildman–Crippen LogP) is 2.13. The number of aliphatic hydroxyl groups is 1. The van der Waals surface area contributed by atoms with Gasteiger partial charge in [0.25, 0.3) is 5.91 Å². The molecule has 20 heavy (non-hydrogen) atoms. The topological polar surface area (TPSA) is 49.8 Å². The first kappa shape index (κ1) is 14.7. The number of piperidine rings is 1. The van der Waals surface area contributed by atoms with E-state index in [0.717, 1.165) is 6.42 Å². The summed E-state index contributed by atoms with van der Waals surface area (Å²) in [5.74, 6) is -0.00994. The summed E-state index contributed by atoms with van der Waals surface area (Å²) in [5, 5.41) is 9.79. The average molecular weight is 285 g/mol. The van der Waals surface area contributed by atoms with E-state index >= 15 is 0 Å². The predicted molar refractivity (Wildman–Crippen MR) is 68.8 cm³/mol. The zero-order valence-electron chi connectivity index (χ0n) is 11.1. The lowest BCUT2D eigenvalue weighted by atomic mass is 9.95. The van der Waals surface area contributed by atoms with Gasteiger partial charge >= 0.3 is 6.61 Å². The van der Waals surface area contributed by atoms with Crippen LogP contribution in [-0.2, 0) is 0 Å². The highest BCUT2D eigenvalue weighted by atomic mass is 19.3. The molecule has 2 atom stereocenters. The van der Waals surface area contributed by atoms with E-state index in [-0.39, 0.29) is 17.6 Å². The summed E-state index contributed by atoms with van der Waals surface area (Å²) in [4.78, 5) is 13.8. The molecule has 1 fully saturated rings. The molecule has 1 saturated heterocycles. The minimum absolute atomic E-state index is 0.0175. The molecule has 1 N–H and O–H groups in total. The molecule has 4 nitrogen and oxygen atoms in total. The minimum Gasteiger partial charge on any atom is -0.435 e. The molecule has 0 radical (unpaired) electrons. The van der Waals surface area contributed by atoms with Crippen LogP contribution in [0.5, 0.6) is 5.75 Å². The van der Waals surface area contributed by atoms with Gasteiger partial charge in [-0.1, -0.05) is 6.92 Å². The molecule has 0 spiro atoms. The normalized spacial score (nSPS) is 22.9. The summed E-state index contributed by atoms with van der Waals surface area (Å²) >= 11 is 0. The molecule has 0 aliphatic carbocycles. The monoisotopic (exact) mass is 285 g/mol. The Hall–Kier alpha value is -1.69. The smallest absolute Gasteiger partial charge is 0.387 e. The molecule has 1 heterocycles. The fourth-order valence-electron chi connectivity index (χ4n) is 2.19. The fraction of sp³-hybridized carbons (Fsp3) is 0.500. The number of likely N-dealkylation sites (tertiary alicyclic amines) is 1. The SMILES string of the molecule is CC1CCN(C(=O)c2ccc(OC(F)F)cc2)CC1O. The lowest BCUT2D eigenvalue weighted by Gasteiger charge is -2.34. The Labute approximate surface area is 116 Å². The van der Waals surface area contributed by atoms with Gasteiger partial charge in [0.05, 0.1) is 6.10 Å². The van der Waals surface area contributed by atoms with Gasteiger partial charge in [-0.2, -0.15) is 8.78 Å². The zero-order valence-corrected chi connectivity index (χ0v) is 11.1. The van der Waals surface area contributed by atoms with Crippen molar-refractivity contribution in [2.75, 3.05) is 13.1 Å². The first-order chi connectivity index (χ1) is 9.47. The third-order valence-electron chi connectivity index (χ3n) is 3.53. The third kappa shape index (κ3) is 3.45. The van der Waals surface area contributed by atoms with Gasteiger partial charge in [0, 0.05) is 18.7 Å². The van der Waals surface area contributed by atoms with Gasteiger partial charge in [0.2, 0.25) is 0 Å². The largest absolute Gasteiger partial charge is 0.435 e. The highest BCUT2D eigenvalue weighted by molar-refractivity contribution is 5.94. The second-order valence-electron chi connectivity index (χ2n) is 4.99. The molecule has 110 valence electrons. The molecule has 2 rings (SSSR count). The van der Waals surface area contributed by atoms with E-state index in [9.17, 15) is 18.7 Å². The number of benzene rings is 1. The van der Waals surface area contributed by atoms with Crippen LogP contribution < -0.4 is 4.74 Å². The zero-order chi connectivity index (χ0) is 14.7. The lowest BCUT2D eigenvalue weighted by molar-refractivity contribution is -0.0498. The number of carbonyl (C=O) groups excluding carboxylic acids is 1. The molecule has 0 aromatic heterocycles. The maximum absolute atomic E-state index is 12.2. The van der Waals surface area contributed by atoms with E-state index in [1.807, 2.05) is 6.92 Å². The molecule has 1 amide bonds. The van der Waals surface area contributed by atoms with Crippen molar-refractivity contribution < 1.29 is 23.4 Å². The van der Waals surface area contributed by atoms with Crippen molar-refractivity contribution in [3.05, 3.63) is 29.8 Å². The molecular formula is C14H17F2NO3. The standard InChI is InChI=1S/C14H17F2NO3/c1-9-6-7-17(8-12(9)18)13(19)10-2-4-11(5-3-10)20-14(15)16/h2-5,9,12,14,18H,6-8H2,1H3. The van der Waals surface area contributed by atoms with Crippen molar-refractivity contribution >= 4 is 5.91 Å². The maximum atomic E-state index is 12.2. The Bertz CT molecular complexity index is 464. The van der Waals surface area contributed by atoms with E-state index < -0.39 is 12.7 Å². The number of rotatable bonds is 3. The fourth-order valence-corrected chi connectivity index (χ4v) is 2.19. The highest BCUT2D eigenvalue weighted by Crippen LogP contribution is 2.20. The van der Waals surface area contributed by atoms with Crippen molar-refractivity contribution in [1.29, 1.82) is 0 Å². The van der Waals surface area contributed by atoms with Crippen LogP contribution >= 0.6 is 0 Å². The number of amides is 1. The van der Waals surface area contributed by atoms with Crippen molar-refractivity contribution in [3.8, 4) is 5.75 Å². The summed E-state index contributed by atoms with van der Waals surface area (Å²) in [6.07, 6.45) is 0.230. The molecular weight excluding hydrogens is 268 g/mol. The van der Waals surface area contributed by atoms with E-state index in [4.69, 9.17) is 0 Å². The van der Waals surface area contributed by atoms with Gasteiger partial charge in [0.15, 0.2) is 0 Å². The van der Waals surface area contributed by atoms with Crippen LogP contribution in [0.25, 0.3) is 0 Å². The number of halogens is 2. The van der Waals surface area contributed by atoms with Crippen molar-refractivity contribution in [2.45, 2.75) is 26.1 Å². The Morgan fingerprint density at radius 2 is 2.05 bits per heavy atom. The highest BCUT2D eigenvalue weighted by Gasteiger charge is 2.27. The summed E-state index contributed by atoms with van der Waals surface area (Å²) < 4.78 is 28.3. The van der Waals surface area contributed by atoms with Gasteiger partial charge in [-0.3, -0.25) is 4.79 Å². The summed E-state index contributed by atoms with van der Waals surface area (Å²) in [6, 6.07) is 5.57. The Balaban J connectivity index is 2.02. The van der Waals surface area contributed by atoms with Gasteiger partial charge < -0.3 is 14.7 Å². The molecule has 1 aliphatic rings. The number of hydrogen-bond acceptors (Lipinski definition) is 3. The molecule has 1 aliphatic heterocycles. The van der Waals surface area contributed by atoms with Gasteiger partial charge in [-0.15, -0.1) is 0 Å². The molecule has 1 aromatic carbocycles. The summed E-state index contributed by atoms with van der Waals surface area (Å²) in [6.45, 7) is -0.0415. The number of β-amino-alcohol motifs (C(OH)–C–C–N with tert-alkyl or cyclic N) is 1. The van der Waals surface area contributed by atoms with Gasteiger partial charge in [0.1, 0.15) is 5.75 Å². The van der Waals surface area contributed by atoms with Crippen LogP contribution in [0.3, 0.4) is 0 Å². The van der Waals surface area contributed by atoms with Crippen molar-refractivity contribution in [3.63, 3.8) is 0 Å². The van der Waals surface area contributed by atoms with Crippen molar-refractivity contribution in [2.24, 2.45) is 5.92 Å². The van der Waals surface area contributed by atoms with E-state index in [0.29, 0.717) is 18.7 Å². The molecule has 6 heteroatoms. The minimum atomic E-state index is -2.88. The van der Waals surface area contributed by atoms with Gasteiger partial charge in [-0.05, 0) is 36.6 Å². The average Bonchev–Trinajstić information content (AvgIpc) is 2.41. The van der Waals surface area contributed by atoms with Crippen LogP contribution in [0.1, 0.15) is 23.7 Å². The number of alkyl halides is 2. The van der Waals surface area contributed by atoms with E-state index in [1.165, 1.54) is 24.3 Å². The summed E-state index contributed by atoms with van der Waals surface area (Å²) in [7, 11) is 0. The number of aliphatic hydroxyl groups excluding tert-OH is 1. The second kappa shape index (κ2) is 6.17. The number of carbonyl (C=O) groups is 1. The van der Waals surface area contributed by atoms with Crippen LogP contribution in [0.2, 0.25) is 0 Å². The molecule has 2 unspecified atom stereocenters. The molecule has 0 bridgehead atoms. The van der Waals surface area contributed by atoms with Crippen molar-refractivity contribution in [1.82, 2.24) is 4.90 Å². The Morgan fingerprint density at radius 1 is 1.40 bits per heavy atom. The van der Waals surface area contributed by atoms with E-state index in [2.05, 4.69) is 4.74 Å². The maximum Gasteiger partial charge on any atom is 0.387 e. The first-order valence-corrected chi connectivity index (χ1v) is 6.49. The van der Waals surface area contributed by atoms with E-state index in [1.54, 1.807) is 4.90 Å². The first-order valence-electron chi connectivity index (χ1n) is 6.49. The van der Waals surface area contributed by atoms with Crippen LogP contribution in [0, 0.1) is 5.92 Å². The van der Waals surface area contributed by atoms with Gasteiger partial charge in [-0.25, -0.2) is 0 Å². The number of ether oxygens (including phenoxy) is 1. The lowest BCUT2D eigenvalue weighted by Crippen LogP contribution is -2.45. The Morgan fingerprint density at radius 3 is 2.60 bits per heavy atom. The third-order valence-corrected chi connectivity index (χ3v) is 3.53. The molecule has 0 saturated carbocycles. The number of nitrogens with zero attached hydrogens (tertiary/aromatic N) is 1. The van der Waals surface area contributed by atoms with Crippen LogP contribution in [0.4, 0.5) is 8.78 Å².